The third-order valence-electron chi connectivity index (χ3n) is 4.20. The molecule has 152 valence electrons. The number of aliphatic imine (C=N–C) groups is 1. The second-order valence-corrected chi connectivity index (χ2v) is 6.50. The van der Waals surface area contributed by atoms with Crippen molar-refractivity contribution in [2.24, 2.45) is 4.99 Å². The van der Waals surface area contributed by atoms with Gasteiger partial charge in [-0.05, 0) is 57.0 Å². The maximum Gasteiger partial charge on any atom is 0.573 e. The molecule has 2 rings (SSSR count). The number of allylic oxidation sites excluding steroid dienone is 1. The number of aryl methyl sites for hydroxylation is 1. The second kappa shape index (κ2) is 9.48. The van der Waals surface area contributed by atoms with Crippen LogP contribution in [0.2, 0.25) is 0 Å². The Kier molecular flexibility index (Phi) is 7.31. The van der Waals surface area contributed by atoms with Gasteiger partial charge in [0.25, 0.3) is 0 Å². The minimum atomic E-state index is -4.70. The Labute approximate surface area is 163 Å². The van der Waals surface area contributed by atoms with E-state index in [9.17, 15) is 13.2 Å². The first-order valence-corrected chi connectivity index (χ1v) is 9.26. The zero-order chi connectivity index (χ0) is 20.7. The van der Waals surface area contributed by atoms with Crippen molar-refractivity contribution in [2.45, 2.75) is 53.4 Å². The van der Waals surface area contributed by atoms with Crippen LogP contribution in [0.5, 0.6) is 5.75 Å². The monoisotopic (exact) mass is 393 g/mol. The van der Waals surface area contributed by atoms with Crippen LogP contribution in [0.4, 0.5) is 24.7 Å². The maximum absolute atomic E-state index is 12.3. The van der Waals surface area contributed by atoms with Crippen LogP contribution in [0.1, 0.15) is 46.1 Å². The van der Waals surface area contributed by atoms with Gasteiger partial charge in [0.2, 0.25) is 0 Å². The summed E-state index contributed by atoms with van der Waals surface area (Å²) in [5, 5.41) is 3.37. The summed E-state index contributed by atoms with van der Waals surface area (Å²) in [6.07, 6.45) is 1.25. The second-order valence-electron chi connectivity index (χ2n) is 6.50. The number of hydrogen-bond acceptors (Lipinski definition) is 3. The molecular formula is C21H26F3N3O. The zero-order valence-electron chi connectivity index (χ0n) is 16.6. The number of ether oxygens (including phenoxy) is 1. The fourth-order valence-electron chi connectivity index (χ4n) is 2.62. The Hall–Kier alpha value is -2.70. The van der Waals surface area contributed by atoms with Crippen molar-refractivity contribution in [1.82, 2.24) is 4.57 Å². The smallest absolute Gasteiger partial charge is 0.406 e. The van der Waals surface area contributed by atoms with Crippen LogP contribution in [0.25, 0.3) is 0 Å². The van der Waals surface area contributed by atoms with Crippen LogP contribution in [0, 0.1) is 0 Å². The lowest BCUT2D eigenvalue weighted by atomic mass is 10.2. The minimum absolute atomic E-state index is 0.263. The SMILES string of the molecule is CCCn1ccc(C(C)=Nc2ccc(OC(F)(F)F)cc2)c1N/C=C(\C)CC. The summed E-state index contributed by atoms with van der Waals surface area (Å²) in [5.41, 5.74) is 3.50. The molecule has 0 radical (unpaired) electrons. The van der Waals surface area contributed by atoms with E-state index in [1.54, 1.807) is 0 Å². The highest BCUT2D eigenvalue weighted by atomic mass is 19.4. The third kappa shape index (κ3) is 6.18. The molecule has 0 saturated heterocycles. The van der Waals surface area contributed by atoms with Crippen LogP contribution in [0.3, 0.4) is 0 Å². The summed E-state index contributed by atoms with van der Waals surface area (Å²) in [5.74, 6) is 0.689. The molecule has 1 heterocycles. The topological polar surface area (TPSA) is 38.5 Å². The summed E-state index contributed by atoms with van der Waals surface area (Å²) >= 11 is 0. The number of hydrogen-bond donors (Lipinski definition) is 1. The summed E-state index contributed by atoms with van der Waals surface area (Å²) in [7, 11) is 0. The molecule has 4 nitrogen and oxygen atoms in total. The molecule has 1 aromatic carbocycles. The van der Waals surface area contributed by atoms with Crippen molar-refractivity contribution in [3.8, 4) is 5.75 Å². The third-order valence-corrected chi connectivity index (χ3v) is 4.20. The lowest BCUT2D eigenvalue weighted by Gasteiger charge is -2.12. The molecule has 0 atom stereocenters. The summed E-state index contributed by atoms with van der Waals surface area (Å²) in [4.78, 5) is 4.55. The van der Waals surface area contributed by atoms with Gasteiger partial charge in [-0.3, -0.25) is 4.99 Å². The van der Waals surface area contributed by atoms with Crippen molar-refractivity contribution in [3.05, 3.63) is 53.9 Å². The van der Waals surface area contributed by atoms with Gasteiger partial charge in [-0.1, -0.05) is 19.4 Å². The zero-order valence-corrected chi connectivity index (χ0v) is 16.6. The number of benzene rings is 1. The van der Waals surface area contributed by atoms with E-state index in [1.807, 2.05) is 25.4 Å². The van der Waals surface area contributed by atoms with Gasteiger partial charge in [-0.15, -0.1) is 13.2 Å². The molecule has 1 aromatic heterocycles. The average molecular weight is 393 g/mol. The molecule has 0 fully saturated rings. The number of anilines is 1. The Morgan fingerprint density at radius 2 is 1.82 bits per heavy atom. The van der Waals surface area contributed by atoms with E-state index in [4.69, 9.17) is 0 Å². The fraction of sp³-hybridized carbons (Fsp3) is 0.381. The highest BCUT2D eigenvalue weighted by Crippen LogP contribution is 2.26. The van der Waals surface area contributed by atoms with Crippen molar-refractivity contribution in [1.29, 1.82) is 0 Å². The van der Waals surface area contributed by atoms with Crippen molar-refractivity contribution >= 4 is 17.2 Å². The molecule has 7 heteroatoms. The molecule has 0 spiro atoms. The van der Waals surface area contributed by atoms with Crippen molar-refractivity contribution in [3.63, 3.8) is 0 Å². The normalized spacial score (nSPS) is 13.0. The number of halogens is 3. The number of aromatic nitrogens is 1. The summed E-state index contributed by atoms with van der Waals surface area (Å²) in [6.45, 7) is 9.03. The first-order valence-electron chi connectivity index (χ1n) is 9.26. The summed E-state index contributed by atoms with van der Waals surface area (Å²) in [6, 6.07) is 7.51. The number of alkyl halides is 3. The molecule has 0 aliphatic carbocycles. The van der Waals surface area contributed by atoms with E-state index in [0.717, 1.165) is 36.5 Å². The van der Waals surface area contributed by atoms with E-state index in [1.165, 1.54) is 29.8 Å². The van der Waals surface area contributed by atoms with Crippen molar-refractivity contribution in [2.75, 3.05) is 5.32 Å². The van der Waals surface area contributed by atoms with E-state index < -0.39 is 6.36 Å². The van der Waals surface area contributed by atoms with Crippen LogP contribution in [0.15, 0.2) is 53.3 Å². The maximum atomic E-state index is 12.3. The Balaban J connectivity index is 2.28. The van der Waals surface area contributed by atoms with Gasteiger partial charge >= 0.3 is 6.36 Å². The van der Waals surface area contributed by atoms with E-state index in [2.05, 4.69) is 40.4 Å². The first kappa shape index (κ1) is 21.6. The average Bonchev–Trinajstić information content (AvgIpc) is 3.03. The van der Waals surface area contributed by atoms with Gasteiger partial charge in [0.15, 0.2) is 0 Å². The lowest BCUT2D eigenvalue weighted by molar-refractivity contribution is -0.274. The molecular weight excluding hydrogens is 367 g/mol. The lowest BCUT2D eigenvalue weighted by Crippen LogP contribution is -2.16. The fourth-order valence-corrected chi connectivity index (χ4v) is 2.62. The van der Waals surface area contributed by atoms with Crippen molar-refractivity contribution < 1.29 is 17.9 Å². The predicted molar refractivity (Wildman–Crippen MR) is 107 cm³/mol. The molecule has 0 amide bonds. The van der Waals surface area contributed by atoms with Gasteiger partial charge in [-0.25, -0.2) is 0 Å². The van der Waals surface area contributed by atoms with Crippen LogP contribution < -0.4 is 10.1 Å². The largest absolute Gasteiger partial charge is 0.573 e. The quantitative estimate of drug-likeness (QED) is 0.509. The minimum Gasteiger partial charge on any atom is -0.406 e. The van der Waals surface area contributed by atoms with Gasteiger partial charge in [-0.2, -0.15) is 0 Å². The number of nitrogens with zero attached hydrogens (tertiary/aromatic N) is 2. The van der Waals surface area contributed by atoms with E-state index >= 15 is 0 Å². The first-order chi connectivity index (χ1) is 13.2. The van der Waals surface area contributed by atoms with Gasteiger partial charge in [0.1, 0.15) is 11.6 Å². The molecule has 0 bridgehead atoms. The molecule has 0 saturated carbocycles. The summed E-state index contributed by atoms with van der Waals surface area (Å²) < 4.78 is 42.8. The molecule has 0 aliphatic rings. The molecule has 0 unspecified atom stereocenters. The highest BCUT2D eigenvalue weighted by molar-refractivity contribution is 6.04. The van der Waals surface area contributed by atoms with Gasteiger partial charge in [0.05, 0.1) is 5.69 Å². The van der Waals surface area contributed by atoms with Crippen LogP contribution >= 0.6 is 0 Å². The molecule has 2 aromatic rings. The Morgan fingerprint density at radius 1 is 1.14 bits per heavy atom. The van der Waals surface area contributed by atoms with Crippen LogP contribution in [-0.4, -0.2) is 16.6 Å². The van der Waals surface area contributed by atoms with Gasteiger partial charge < -0.3 is 14.6 Å². The Morgan fingerprint density at radius 3 is 2.39 bits per heavy atom. The number of rotatable bonds is 8. The molecule has 1 N–H and O–H groups in total. The Bertz CT molecular complexity index is 834. The van der Waals surface area contributed by atoms with Gasteiger partial charge in [0, 0.05) is 30.2 Å². The van der Waals surface area contributed by atoms with E-state index in [-0.39, 0.29) is 5.75 Å². The highest BCUT2D eigenvalue weighted by Gasteiger charge is 2.30. The predicted octanol–water partition coefficient (Wildman–Crippen LogP) is 6.66. The van der Waals surface area contributed by atoms with E-state index in [0.29, 0.717) is 5.69 Å². The standard InChI is InChI=1S/C21H26F3N3O/c1-5-12-27-13-11-19(20(27)25-14-15(3)6-2)16(4)26-17-7-9-18(10-8-17)28-21(22,23)24/h7-11,13-14,25H,5-6,12H2,1-4H3/b15-14+,26-16?. The van der Waals surface area contributed by atoms with Crippen LogP contribution in [-0.2, 0) is 6.54 Å². The molecule has 0 aliphatic heterocycles. The number of nitrogens with one attached hydrogen (secondary N) is 1. The molecule has 28 heavy (non-hydrogen) atoms.